The van der Waals surface area contributed by atoms with Crippen molar-refractivity contribution in [3.05, 3.63) is 40.3 Å². The summed E-state index contributed by atoms with van der Waals surface area (Å²) in [6.45, 7) is 8.13. The van der Waals surface area contributed by atoms with Crippen molar-refractivity contribution in [1.29, 1.82) is 0 Å². The number of aromatic nitrogens is 3. The van der Waals surface area contributed by atoms with Crippen molar-refractivity contribution in [2.45, 2.75) is 26.4 Å². The van der Waals surface area contributed by atoms with E-state index in [0.717, 1.165) is 0 Å². The second-order valence-electron chi connectivity index (χ2n) is 4.12. The van der Waals surface area contributed by atoms with Gasteiger partial charge in [-0.3, -0.25) is 9.48 Å². The van der Waals surface area contributed by atoms with E-state index in [2.05, 4.69) is 11.6 Å². The fourth-order valence-electron chi connectivity index (χ4n) is 1.93. The molecule has 4 nitrogen and oxygen atoms in total. The number of fused-ring (bicyclic) bond motifs is 1. The maximum absolute atomic E-state index is 12.2. The zero-order chi connectivity index (χ0) is 12.6. The normalized spacial score (nSPS) is 11.3. The Hall–Kier alpha value is -1.55. The molecule has 0 spiro atoms. The third kappa shape index (κ3) is 1.89. The number of nitrogens with zero attached hydrogens (tertiary/aromatic N) is 3. The van der Waals surface area contributed by atoms with E-state index >= 15 is 0 Å². The molecular formula is C12H14ClN3O. The van der Waals surface area contributed by atoms with Gasteiger partial charge >= 0.3 is 0 Å². The average molecular weight is 252 g/mol. The van der Waals surface area contributed by atoms with Gasteiger partial charge in [-0.05, 0) is 26.0 Å². The lowest BCUT2D eigenvalue weighted by Gasteiger charge is -2.14. The standard InChI is InChI=1S/C12H14ClN3O/c1-4-7-15-12(17)9-5-6-10(13)14-11(9)16(15)8(2)3/h4-6,8H,1,7H2,2-3H3. The molecule has 2 heterocycles. The Kier molecular flexibility index (Phi) is 3.07. The van der Waals surface area contributed by atoms with Gasteiger partial charge in [0, 0.05) is 6.04 Å². The highest BCUT2D eigenvalue weighted by atomic mass is 35.5. The maximum atomic E-state index is 12.2. The van der Waals surface area contributed by atoms with Gasteiger partial charge in [0.25, 0.3) is 5.56 Å². The molecule has 2 aromatic heterocycles. The molecule has 0 saturated carbocycles. The largest absolute Gasteiger partial charge is 0.276 e. The van der Waals surface area contributed by atoms with Crippen LogP contribution < -0.4 is 5.56 Å². The summed E-state index contributed by atoms with van der Waals surface area (Å²) in [7, 11) is 0. The zero-order valence-corrected chi connectivity index (χ0v) is 10.6. The van der Waals surface area contributed by atoms with Crippen LogP contribution in [0.4, 0.5) is 0 Å². The predicted octanol–water partition coefficient (Wildman–Crippen LogP) is 2.62. The molecule has 0 aliphatic carbocycles. The highest BCUT2D eigenvalue weighted by Crippen LogP contribution is 2.17. The van der Waals surface area contributed by atoms with Crippen LogP contribution in [-0.4, -0.2) is 14.3 Å². The molecule has 0 N–H and O–H groups in total. The molecule has 5 heteroatoms. The molecule has 0 aliphatic heterocycles. The van der Waals surface area contributed by atoms with E-state index in [1.807, 2.05) is 18.5 Å². The van der Waals surface area contributed by atoms with Crippen molar-refractivity contribution < 1.29 is 0 Å². The van der Waals surface area contributed by atoms with Crippen LogP contribution in [0.2, 0.25) is 5.15 Å². The van der Waals surface area contributed by atoms with E-state index in [-0.39, 0.29) is 11.6 Å². The van der Waals surface area contributed by atoms with Crippen LogP contribution in [0.25, 0.3) is 11.0 Å². The molecule has 0 unspecified atom stereocenters. The van der Waals surface area contributed by atoms with E-state index in [0.29, 0.717) is 22.7 Å². The van der Waals surface area contributed by atoms with Gasteiger partial charge in [0.05, 0.1) is 11.9 Å². The van der Waals surface area contributed by atoms with Crippen molar-refractivity contribution in [1.82, 2.24) is 14.3 Å². The minimum absolute atomic E-state index is 0.0576. The van der Waals surface area contributed by atoms with Crippen molar-refractivity contribution in [2.75, 3.05) is 0 Å². The third-order valence-electron chi connectivity index (χ3n) is 2.57. The lowest BCUT2D eigenvalue weighted by molar-refractivity contribution is 0.436. The Bertz CT molecular complexity index is 624. The van der Waals surface area contributed by atoms with E-state index in [1.165, 1.54) is 0 Å². The second-order valence-corrected chi connectivity index (χ2v) is 4.51. The van der Waals surface area contributed by atoms with Gasteiger partial charge in [-0.25, -0.2) is 9.67 Å². The van der Waals surface area contributed by atoms with Gasteiger partial charge in [0.15, 0.2) is 5.65 Å². The van der Waals surface area contributed by atoms with Crippen LogP contribution in [0, 0.1) is 0 Å². The summed E-state index contributed by atoms with van der Waals surface area (Å²) in [5.74, 6) is 0. The SMILES string of the molecule is C=CCn1c(=O)c2ccc(Cl)nc2n1C(C)C. The van der Waals surface area contributed by atoms with E-state index in [9.17, 15) is 4.79 Å². The highest BCUT2D eigenvalue weighted by Gasteiger charge is 2.15. The zero-order valence-electron chi connectivity index (χ0n) is 9.85. The number of hydrogen-bond acceptors (Lipinski definition) is 2. The maximum Gasteiger partial charge on any atom is 0.276 e. The summed E-state index contributed by atoms with van der Waals surface area (Å²) in [5, 5.41) is 0.979. The predicted molar refractivity (Wildman–Crippen MR) is 69.6 cm³/mol. The Morgan fingerprint density at radius 2 is 2.24 bits per heavy atom. The Morgan fingerprint density at radius 3 is 2.82 bits per heavy atom. The van der Waals surface area contributed by atoms with Crippen LogP contribution in [0.3, 0.4) is 0 Å². The first-order chi connectivity index (χ1) is 8.06. The van der Waals surface area contributed by atoms with Gasteiger partial charge in [0.1, 0.15) is 5.15 Å². The monoisotopic (exact) mass is 251 g/mol. The molecule has 0 fully saturated rings. The number of allylic oxidation sites excluding steroid dienone is 1. The Morgan fingerprint density at radius 1 is 1.53 bits per heavy atom. The first-order valence-corrected chi connectivity index (χ1v) is 5.82. The third-order valence-corrected chi connectivity index (χ3v) is 2.78. The quantitative estimate of drug-likeness (QED) is 0.621. The molecule has 0 amide bonds. The summed E-state index contributed by atoms with van der Waals surface area (Å²) in [6.07, 6.45) is 1.70. The van der Waals surface area contributed by atoms with Gasteiger partial charge in [-0.15, -0.1) is 6.58 Å². The minimum Gasteiger partial charge on any atom is -0.267 e. The van der Waals surface area contributed by atoms with Crippen LogP contribution in [0.15, 0.2) is 29.6 Å². The summed E-state index contributed by atoms with van der Waals surface area (Å²) >= 11 is 5.88. The van der Waals surface area contributed by atoms with Crippen LogP contribution in [0.5, 0.6) is 0 Å². The molecule has 2 rings (SSSR count). The smallest absolute Gasteiger partial charge is 0.267 e. The Balaban J connectivity index is 2.88. The topological polar surface area (TPSA) is 39.8 Å². The molecule has 2 aromatic rings. The van der Waals surface area contributed by atoms with Crippen LogP contribution >= 0.6 is 11.6 Å². The fraction of sp³-hybridized carbons (Fsp3) is 0.333. The molecule has 0 saturated heterocycles. The summed E-state index contributed by atoms with van der Waals surface area (Å²) < 4.78 is 3.48. The average Bonchev–Trinajstić information content (AvgIpc) is 2.52. The number of rotatable bonds is 3. The molecule has 0 aromatic carbocycles. The lowest BCUT2D eigenvalue weighted by Crippen LogP contribution is -2.23. The number of halogens is 1. The van der Waals surface area contributed by atoms with E-state index in [1.54, 1.807) is 22.9 Å². The fourth-order valence-corrected chi connectivity index (χ4v) is 2.08. The van der Waals surface area contributed by atoms with Crippen molar-refractivity contribution in [3.8, 4) is 0 Å². The minimum atomic E-state index is -0.0576. The summed E-state index contributed by atoms with van der Waals surface area (Å²) in [6, 6.07) is 3.48. The van der Waals surface area contributed by atoms with Crippen molar-refractivity contribution >= 4 is 22.6 Å². The van der Waals surface area contributed by atoms with Gasteiger partial charge in [-0.2, -0.15) is 0 Å². The summed E-state index contributed by atoms with van der Waals surface area (Å²) in [5.41, 5.74) is 0.567. The first kappa shape index (κ1) is 11.9. The molecule has 0 radical (unpaired) electrons. The van der Waals surface area contributed by atoms with E-state index < -0.39 is 0 Å². The van der Waals surface area contributed by atoms with Gasteiger partial charge < -0.3 is 0 Å². The van der Waals surface area contributed by atoms with Crippen molar-refractivity contribution in [3.63, 3.8) is 0 Å². The summed E-state index contributed by atoms with van der Waals surface area (Å²) in [4.78, 5) is 16.4. The number of hydrogen-bond donors (Lipinski definition) is 0. The molecule has 0 bridgehead atoms. The first-order valence-electron chi connectivity index (χ1n) is 5.44. The van der Waals surface area contributed by atoms with Crippen LogP contribution in [-0.2, 0) is 6.54 Å². The molecular weight excluding hydrogens is 238 g/mol. The molecule has 17 heavy (non-hydrogen) atoms. The van der Waals surface area contributed by atoms with E-state index in [4.69, 9.17) is 11.6 Å². The Labute approximate surface area is 104 Å². The lowest BCUT2D eigenvalue weighted by atomic mass is 10.3. The van der Waals surface area contributed by atoms with Gasteiger partial charge in [0.2, 0.25) is 0 Å². The molecule has 0 atom stereocenters. The second kappa shape index (κ2) is 4.37. The van der Waals surface area contributed by atoms with Crippen molar-refractivity contribution in [2.24, 2.45) is 0 Å². The highest BCUT2D eigenvalue weighted by molar-refractivity contribution is 6.29. The van der Waals surface area contributed by atoms with Crippen LogP contribution in [0.1, 0.15) is 19.9 Å². The molecule has 0 aliphatic rings. The number of pyridine rings is 1. The molecule has 90 valence electrons. The van der Waals surface area contributed by atoms with Gasteiger partial charge in [-0.1, -0.05) is 17.7 Å².